The van der Waals surface area contributed by atoms with Crippen LogP contribution in [0.3, 0.4) is 0 Å². The quantitative estimate of drug-likeness (QED) is 0.0266. The highest BCUT2D eigenvalue weighted by Gasteiger charge is 2.65. The molecule has 2 aliphatic carbocycles. The lowest BCUT2D eigenvalue weighted by Crippen LogP contribution is -2.70. The van der Waals surface area contributed by atoms with Crippen LogP contribution in [0.1, 0.15) is 73.1 Å². The molecule has 1 saturated carbocycles. The predicted octanol–water partition coefficient (Wildman–Crippen LogP) is 9.99. The molecular formula is C54H62FN3O11. The van der Waals surface area contributed by atoms with Gasteiger partial charge in [-0.15, -0.1) is 6.58 Å². The predicted molar refractivity (Wildman–Crippen MR) is 258 cm³/mol. The van der Waals surface area contributed by atoms with Gasteiger partial charge in [-0.1, -0.05) is 85.3 Å². The Morgan fingerprint density at radius 2 is 1.59 bits per heavy atom. The number of rotatable bonds is 26. The third kappa shape index (κ3) is 12.4. The third-order valence-electron chi connectivity index (χ3n) is 13.0. The second-order valence-electron chi connectivity index (χ2n) is 17.5. The Morgan fingerprint density at radius 3 is 2.30 bits per heavy atom. The Hall–Kier alpha value is -6.39. The minimum atomic E-state index is -1.60. The van der Waals surface area contributed by atoms with Gasteiger partial charge in [-0.05, 0) is 102 Å². The fourth-order valence-electron chi connectivity index (χ4n) is 9.92. The van der Waals surface area contributed by atoms with Crippen LogP contribution < -0.4 is 9.47 Å². The van der Waals surface area contributed by atoms with Gasteiger partial charge in [0.25, 0.3) is 5.69 Å². The summed E-state index contributed by atoms with van der Waals surface area (Å²) in [6.07, 6.45) is 9.07. The zero-order chi connectivity index (χ0) is 48.6. The summed E-state index contributed by atoms with van der Waals surface area (Å²) in [6.45, 7) is 8.57. The van der Waals surface area contributed by atoms with Gasteiger partial charge in [0.15, 0.2) is 0 Å². The number of halogens is 1. The van der Waals surface area contributed by atoms with Crippen molar-refractivity contribution in [2.24, 2.45) is 22.9 Å². The lowest BCUT2D eigenvalue weighted by Gasteiger charge is -2.59. The Bertz CT molecular complexity index is 2400. The van der Waals surface area contributed by atoms with E-state index in [0.29, 0.717) is 47.8 Å². The van der Waals surface area contributed by atoms with Crippen molar-refractivity contribution in [1.82, 2.24) is 4.90 Å². The first kappa shape index (κ1) is 50.5. The van der Waals surface area contributed by atoms with Gasteiger partial charge in [-0.2, -0.15) is 0 Å². The number of carbonyl (C=O) groups excluding carboxylic acids is 1. The van der Waals surface area contributed by atoms with E-state index in [4.69, 9.17) is 33.7 Å². The molecule has 3 aliphatic rings. The molecule has 0 bridgehead atoms. The lowest BCUT2D eigenvalue weighted by atomic mass is 9.55. The molecule has 4 aromatic carbocycles. The van der Waals surface area contributed by atoms with Crippen molar-refractivity contribution in [3.63, 3.8) is 0 Å². The molecule has 7 rings (SSSR count). The number of amides is 1. The van der Waals surface area contributed by atoms with Crippen molar-refractivity contribution < 1.29 is 52.8 Å². The molecule has 366 valence electrons. The van der Waals surface area contributed by atoms with Gasteiger partial charge < -0.3 is 38.7 Å². The number of benzene rings is 4. The highest BCUT2D eigenvalue weighted by molar-refractivity contribution is 6.03. The van der Waals surface area contributed by atoms with E-state index < -0.39 is 34.6 Å². The summed E-state index contributed by atoms with van der Waals surface area (Å²) in [6, 6.07) is 26.4. The van der Waals surface area contributed by atoms with E-state index in [1.807, 2.05) is 48.5 Å². The number of oxime groups is 1. The number of allylic oxidation sites excluding steroid dienone is 1. The summed E-state index contributed by atoms with van der Waals surface area (Å²) < 4.78 is 46.9. The third-order valence-corrected chi connectivity index (χ3v) is 13.0. The van der Waals surface area contributed by atoms with Crippen LogP contribution in [0.15, 0.2) is 139 Å². The number of hydrogen-bond acceptors (Lipinski definition) is 12. The lowest BCUT2D eigenvalue weighted by molar-refractivity contribution is -0.384. The Balaban J connectivity index is 1.38. The molecule has 0 radical (unpaired) electrons. The Kier molecular flexibility index (Phi) is 18.1. The number of aliphatic hydroxyl groups excluding tert-OH is 2. The standard InChI is InChI=1S/C54H62FN3O11/c1-3-28-65-44-24-25-49-47(33-44)51-45(15-9-11-27-60)41(14-8-10-26-59)32-46-48(56-68-37-40-18-22-43(23-19-40)58(62)63)34-50(54(69-49,52(46)51)67-29-4-2)57(35-38-16-20-42(55)21-17-38)53(61)66-31-30-64-36-39-12-6-5-7-13-39/h3-7,12-13,16-25,32-33,41,45,50-52,59-60H,1-2,8-11,14-15,26-31,34-37H2/t41-,45+,50-,51+,52+,54+/m0/s1. The number of nitro groups is 1. The van der Waals surface area contributed by atoms with E-state index >= 15 is 0 Å². The zero-order valence-corrected chi connectivity index (χ0v) is 38.9. The van der Waals surface area contributed by atoms with Crippen molar-refractivity contribution in [3.05, 3.63) is 172 Å². The van der Waals surface area contributed by atoms with Crippen LogP contribution in [0.5, 0.6) is 11.5 Å². The highest BCUT2D eigenvalue weighted by Crippen LogP contribution is 2.62. The molecule has 1 heterocycles. The highest BCUT2D eigenvalue weighted by atomic mass is 19.1. The molecule has 1 aliphatic heterocycles. The maximum absolute atomic E-state index is 14.9. The van der Waals surface area contributed by atoms with E-state index in [9.17, 15) is 29.5 Å². The molecule has 0 spiro atoms. The Morgan fingerprint density at radius 1 is 0.884 bits per heavy atom. The number of nitro benzene ring substituents is 1. The topological polar surface area (TPSA) is 172 Å². The SMILES string of the molecule is C=CCOc1ccc2c(c1)[C@H]1[C@H](CCCCO)[C@@H](CCCCO)C=C3C(=NOCc4ccc([N+](=O)[O-])cc4)C[C@H](N(Cc4ccc(F)cc4)C(=O)OCCOCc4ccccc4)[C@@](OCC=C)(O2)[C@H]31. The largest absolute Gasteiger partial charge is 0.490 e. The van der Waals surface area contributed by atoms with Gasteiger partial charge in [0.2, 0.25) is 5.79 Å². The normalized spacial score (nSPS) is 21.8. The van der Waals surface area contributed by atoms with E-state index in [2.05, 4.69) is 19.2 Å². The average molecular weight is 948 g/mol. The molecule has 2 N–H and O–H groups in total. The Labute approximate surface area is 402 Å². The molecule has 14 nitrogen and oxygen atoms in total. The summed E-state index contributed by atoms with van der Waals surface area (Å²) in [7, 11) is 0. The van der Waals surface area contributed by atoms with E-state index in [1.165, 1.54) is 24.3 Å². The number of hydrogen-bond donors (Lipinski definition) is 2. The minimum Gasteiger partial charge on any atom is -0.490 e. The summed E-state index contributed by atoms with van der Waals surface area (Å²) in [5, 5.41) is 36.2. The van der Waals surface area contributed by atoms with Gasteiger partial charge in [-0.25, -0.2) is 9.18 Å². The number of unbranched alkanes of at least 4 members (excludes halogenated alkanes) is 2. The van der Waals surface area contributed by atoms with Crippen molar-refractivity contribution in [3.8, 4) is 11.5 Å². The van der Waals surface area contributed by atoms with Crippen LogP contribution >= 0.6 is 0 Å². The average Bonchev–Trinajstić information content (AvgIpc) is 3.36. The van der Waals surface area contributed by atoms with Crippen LogP contribution in [0, 0.1) is 33.7 Å². The first-order valence-corrected chi connectivity index (χ1v) is 23.7. The van der Waals surface area contributed by atoms with Crippen LogP contribution in [0.4, 0.5) is 14.9 Å². The molecule has 0 unspecified atom stereocenters. The molecule has 0 aromatic heterocycles. The second kappa shape index (κ2) is 24.8. The minimum absolute atomic E-state index is 0.0109. The van der Waals surface area contributed by atoms with Gasteiger partial charge in [0.1, 0.15) is 43.2 Å². The van der Waals surface area contributed by atoms with Crippen LogP contribution in [0.25, 0.3) is 0 Å². The van der Waals surface area contributed by atoms with Crippen molar-refractivity contribution in [1.29, 1.82) is 0 Å². The van der Waals surface area contributed by atoms with Crippen molar-refractivity contribution in [2.45, 2.75) is 82.5 Å². The maximum Gasteiger partial charge on any atom is 0.410 e. The summed E-state index contributed by atoms with van der Waals surface area (Å²) >= 11 is 0. The fraction of sp³-hybridized carbons (Fsp3) is 0.407. The molecule has 6 atom stereocenters. The number of fused-ring (bicyclic) bond motifs is 2. The van der Waals surface area contributed by atoms with E-state index in [1.54, 1.807) is 41.3 Å². The summed E-state index contributed by atoms with van der Waals surface area (Å²) in [4.78, 5) is 33.6. The fourth-order valence-corrected chi connectivity index (χ4v) is 9.92. The summed E-state index contributed by atoms with van der Waals surface area (Å²) in [5.41, 5.74) is 4.41. The van der Waals surface area contributed by atoms with Gasteiger partial charge in [0.05, 0.1) is 36.4 Å². The molecule has 1 amide bonds. The molecule has 4 aromatic rings. The first-order chi connectivity index (χ1) is 33.7. The number of nitrogens with zero attached hydrogens (tertiary/aromatic N) is 3. The van der Waals surface area contributed by atoms with Crippen LogP contribution in [-0.4, -0.2) is 83.3 Å². The van der Waals surface area contributed by atoms with Crippen LogP contribution in [0.2, 0.25) is 0 Å². The van der Waals surface area contributed by atoms with Crippen molar-refractivity contribution in [2.75, 3.05) is 39.6 Å². The number of non-ortho nitro benzene ring substituents is 1. The summed E-state index contributed by atoms with van der Waals surface area (Å²) in [5.74, 6) is -1.93. The number of aliphatic hydroxyl groups is 2. The molecule has 69 heavy (non-hydrogen) atoms. The maximum atomic E-state index is 14.9. The second-order valence-corrected chi connectivity index (χ2v) is 17.5. The molecule has 0 saturated heterocycles. The zero-order valence-electron chi connectivity index (χ0n) is 38.9. The number of ether oxygens (including phenoxy) is 5. The smallest absolute Gasteiger partial charge is 0.410 e. The van der Waals surface area contributed by atoms with E-state index in [-0.39, 0.29) is 82.7 Å². The monoisotopic (exact) mass is 947 g/mol. The van der Waals surface area contributed by atoms with Crippen molar-refractivity contribution >= 4 is 17.5 Å². The van der Waals surface area contributed by atoms with Gasteiger partial charge in [-0.3, -0.25) is 15.0 Å². The molecular weight excluding hydrogens is 886 g/mol. The molecule has 15 heteroatoms. The molecule has 1 fully saturated rings. The number of carbonyl (C=O) groups is 1. The van der Waals surface area contributed by atoms with Gasteiger partial charge >= 0.3 is 6.09 Å². The van der Waals surface area contributed by atoms with E-state index in [0.717, 1.165) is 42.4 Å². The van der Waals surface area contributed by atoms with Crippen LogP contribution in [-0.2, 0) is 38.8 Å². The first-order valence-electron chi connectivity index (χ1n) is 23.7. The van der Waals surface area contributed by atoms with Gasteiger partial charge in [0, 0.05) is 49.8 Å².